The van der Waals surface area contributed by atoms with Crippen molar-refractivity contribution in [2.45, 2.75) is 31.1 Å². The molecule has 5 atom stereocenters. The molecule has 1 aromatic carbocycles. The van der Waals surface area contributed by atoms with E-state index in [4.69, 9.17) is 4.74 Å². The SMILES string of the molecule is CN=C(NCC(c1ccc(F)cc1)N(C)C)N1CC2C3CCC(O3)C2C1. The van der Waals surface area contributed by atoms with Crippen LogP contribution in [-0.2, 0) is 4.74 Å². The van der Waals surface area contributed by atoms with Gasteiger partial charge in [-0.25, -0.2) is 4.39 Å². The zero-order valence-electron chi connectivity index (χ0n) is 15.9. The fourth-order valence-corrected chi connectivity index (χ4v) is 4.94. The Morgan fingerprint density at radius 2 is 1.85 bits per heavy atom. The van der Waals surface area contributed by atoms with E-state index in [2.05, 4.69) is 20.1 Å². The highest BCUT2D eigenvalue weighted by Crippen LogP contribution is 2.47. The smallest absolute Gasteiger partial charge is 0.193 e. The Kier molecular flexibility index (Phi) is 4.88. The Labute approximate surface area is 155 Å². The summed E-state index contributed by atoms with van der Waals surface area (Å²) in [7, 11) is 5.95. The lowest BCUT2D eigenvalue weighted by Gasteiger charge is -2.29. The van der Waals surface area contributed by atoms with Crippen LogP contribution in [0.25, 0.3) is 0 Å². The number of hydrogen-bond acceptors (Lipinski definition) is 3. The van der Waals surface area contributed by atoms with E-state index >= 15 is 0 Å². The number of guanidine groups is 1. The van der Waals surface area contributed by atoms with Crippen LogP contribution in [-0.4, -0.2) is 68.7 Å². The second kappa shape index (κ2) is 7.16. The average molecular weight is 360 g/mol. The maximum Gasteiger partial charge on any atom is 0.193 e. The normalized spacial score (nSPS) is 31.6. The lowest BCUT2D eigenvalue weighted by Crippen LogP contribution is -2.44. The van der Waals surface area contributed by atoms with Crippen LogP contribution in [0.15, 0.2) is 29.3 Å². The van der Waals surface area contributed by atoms with Gasteiger partial charge in [0.25, 0.3) is 0 Å². The van der Waals surface area contributed by atoms with Crippen molar-refractivity contribution in [1.82, 2.24) is 15.1 Å². The van der Waals surface area contributed by atoms with Crippen LogP contribution in [0, 0.1) is 17.7 Å². The lowest BCUT2D eigenvalue weighted by molar-refractivity contribution is 0.0766. The number of benzene rings is 1. The topological polar surface area (TPSA) is 40.1 Å². The molecule has 0 saturated carbocycles. The van der Waals surface area contributed by atoms with Crippen LogP contribution in [0.4, 0.5) is 4.39 Å². The first-order chi connectivity index (χ1) is 12.6. The third-order valence-corrected chi connectivity index (χ3v) is 6.30. The fraction of sp³-hybridized carbons (Fsp3) is 0.650. The molecule has 142 valence electrons. The number of hydrogen-bond donors (Lipinski definition) is 1. The summed E-state index contributed by atoms with van der Waals surface area (Å²) < 4.78 is 19.3. The summed E-state index contributed by atoms with van der Waals surface area (Å²) in [4.78, 5) is 9.06. The molecule has 0 spiro atoms. The van der Waals surface area contributed by atoms with Crippen LogP contribution in [0.3, 0.4) is 0 Å². The molecule has 3 aliphatic rings. The highest BCUT2D eigenvalue weighted by molar-refractivity contribution is 5.80. The lowest BCUT2D eigenvalue weighted by atomic mass is 9.82. The molecule has 1 aromatic rings. The van der Waals surface area contributed by atoms with Gasteiger partial charge in [-0.05, 0) is 44.6 Å². The van der Waals surface area contributed by atoms with Crippen LogP contribution in [0.1, 0.15) is 24.4 Å². The molecular weight excluding hydrogens is 331 g/mol. The molecule has 1 N–H and O–H groups in total. The van der Waals surface area contributed by atoms with Crippen molar-refractivity contribution in [3.05, 3.63) is 35.6 Å². The second-order valence-corrected chi connectivity index (χ2v) is 7.98. The molecule has 5 nitrogen and oxygen atoms in total. The number of likely N-dealkylation sites (N-methyl/N-ethyl adjacent to an activating group) is 1. The molecule has 3 fully saturated rings. The summed E-state index contributed by atoms with van der Waals surface area (Å²) in [5.41, 5.74) is 1.10. The largest absolute Gasteiger partial charge is 0.374 e. The fourth-order valence-electron chi connectivity index (χ4n) is 4.94. The van der Waals surface area contributed by atoms with Crippen molar-refractivity contribution in [2.75, 3.05) is 40.8 Å². The zero-order chi connectivity index (χ0) is 18.3. The standard InChI is InChI=1S/C20H29FN4O/c1-22-20(25-11-15-16(12-25)19-9-8-18(15)26-19)23-10-17(24(2)3)13-4-6-14(21)7-5-13/h4-7,15-19H,8-12H2,1-3H3,(H,22,23). The molecule has 6 heteroatoms. The Balaban J connectivity index is 1.40. The van der Waals surface area contributed by atoms with E-state index in [9.17, 15) is 4.39 Å². The first-order valence-corrected chi connectivity index (χ1v) is 9.59. The third kappa shape index (κ3) is 3.21. The monoisotopic (exact) mass is 360 g/mol. The van der Waals surface area contributed by atoms with Crippen molar-refractivity contribution in [3.63, 3.8) is 0 Å². The zero-order valence-corrected chi connectivity index (χ0v) is 15.9. The summed E-state index contributed by atoms with van der Waals surface area (Å²) in [6.07, 6.45) is 3.36. The summed E-state index contributed by atoms with van der Waals surface area (Å²) >= 11 is 0. The third-order valence-electron chi connectivity index (χ3n) is 6.30. The minimum Gasteiger partial charge on any atom is -0.374 e. The Morgan fingerprint density at radius 3 is 2.38 bits per heavy atom. The van der Waals surface area contributed by atoms with Crippen molar-refractivity contribution in [3.8, 4) is 0 Å². The van der Waals surface area contributed by atoms with Crippen molar-refractivity contribution in [2.24, 2.45) is 16.8 Å². The van der Waals surface area contributed by atoms with E-state index in [0.717, 1.165) is 31.2 Å². The van der Waals surface area contributed by atoms with E-state index in [1.807, 2.05) is 33.3 Å². The number of halogens is 1. The minimum atomic E-state index is -0.199. The molecule has 3 saturated heterocycles. The van der Waals surface area contributed by atoms with Gasteiger partial charge >= 0.3 is 0 Å². The van der Waals surface area contributed by atoms with Gasteiger partial charge in [-0.2, -0.15) is 0 Å². The predicted molar refractivity (Wildman–Crippen MR) is 101 cm³/mol. The maximum absolute atomic E-state index is 13.2. The van der Waals surface area contributed by atoms with Gasteiger partial charge in [-0.3, -0.25) is 4.99 Å². The summed E-state index contributed by atoms with van der Waals surface area (Å²) in [5.74, 6) is 2.09. The molecule has 0 amide bonds. The van der Waals surface area contributed by atoms with Gasteiger partial charge in [-0.15, -0.1) is 0 Å². The number of fused-ring (bicyclic) bond motifs is 5. The van der Waals surface area contributed by atoms with E-state index in [1.54, 1.807) is 0 Å². The predicted octanol–water partition coefficient (Wildman–Crippen LogP) is 2.11. The number of rotatable bonds is 4. The first kappa shape index (κ1) is 17.7. The van der Waals surface area contributed by atoms with Crippen molar-refractivity contribution >= 4 is 5.96 Å². The van der Waals surface area contributed by atoms with Crippen LogP contribution < -0.4 is 5.32 Å². The summed E-state index contributed by atoms with van der Waals surface area (Å²) in [6, 6.07) is 6.93. The van der Waals surface area contributed by atoms with Gasteiger partial charge in [0.2, 0.25) is 0 Å². The second-order valence-electron chi connectivity index (χ2n) is 7.98. The average Bonchev–Trinajstić information content (AvgIpc) is 3.32. The molecule has 3 aliphatic heterocycles. The molecule has 5 unspecified atom stereocenters. The molecule has 26 heavy (non-hydrogen) atoms. The van der Waals surface area contributed by atoms with Gasteiger partial charge in [0.05, 0.1) is 18.2 Å². The van der Waals surface area contributed by atoms with Gasteiger partial charge in [0, 0.05) is 38.5 Å². The van der Waals surface area contributed by atoms with E-state index in [-0.39, 0.29) is 11.9 Å². The molecule has 2 bridgehead atoms. The highest BCUT2D eigenvalue weighted by Gasteiger charge is 2.53. The number of nitrogens with one attached hydrogen (secondary N) is 1. The van der Waals surface area contributed by atoms with Crippen LogP contribution in [0.5, 0.6) is 0 Å². The number of likely N-dealkylation sites (tertiary alicyclic amines) is 1. The van der Waals surface area contributed by atoms with Gasteiger partial charge in [0.1, 0.15) is 5.82 Å². The maximum atomic E-state index is 13.2. The molecule has 0 aromatic heterocycles. The van der Waals surface area contributed by atoms with Crippen LogP contribution in [0.2, 0.25) is 0 Å². The van der Waals surface area contributed by atoms with E-state index in [1.165, 1.54) is 25.0 Å². The minimum absolute atomic E-state index is 0.161. The van der Waals surface area contributed by atoms with Gasteiger partial charge in [-0.1, -0.05) is 12.1 Å². The first-order valence-electron chi connectivity index (χ1n) is 9.59. The van der Waals surface area contributed by atoms with Crippen molar-refractivity contribution in [1.29, 1.82) is 0 Å². The molecule has 3 heterocycles. The molecule has 0 radical (unpaired) electrons. The Hall–Kier alpha value is -1.66. The number of nitrogens with zero attached hydrogens (tertiary/aromatic N) is 3. The van der Waals surface area contributed by atoms with Gasteiger partial charge < -0.3 is 19.9 Å². The molecular formula is C20H29FN4O. The number of ether oxygens (including phenoxy) is 1. The molecule has 4 rings (SSSR count). The van der Waals surface area contributed by atoms with Crippen LogP contribution >= 0.6 is 0 Å². The summed E-state index contributed by atoms with van der Waals surface area (Å²) in [6.45, 7) is 2.81. The van der Waals surface area contributed by atoms with E-state index < -0.39 is 0 Å². The highest BCUT2D eigenvalue weighted by atomic mass is 19.1. The number of aliphatic imine (C=N–C) groups is 1. The summed E-state index contributed by atoms with van der Waals surface area (Å²) in [5, 5.41) is 3.54. The van der Waals surface area contributed by atoms with Crippen molar-refractivity contribution < 1.29 is 9.13 Å². The molecule has 0 aliphatic carbocycles. The van der Waals surface area contributed by atoms with E-state index in [0.29, 0.717) is 24.0 Å². The van der Waals surface area contributed by atoms with Gasteiger partial charge in [0.15, 0.2) is 5.96 Å². The Morgan fingerprint density at radius 1 is 1.23 bits per heavy atom. The quantitative estimate of drug-likeness (QED) is 0.660. The Bertz CT molecular complexity index is 644.